The highest BCUT2D eigenvalue weighted by Gasteiger charge is 2.31. The van der Waals surface area contributed by atoms with E-state index in [1.807, 2.05) is 19.1 Å². The lowest BCUT2D eigenvalue weighted by molar-refractivity contribution is -0.141. The fourth-order valence-electron chi connectivity index (χ4n) is 2.41. The van der Waals surface area contributed by atoms with Crippen LogP contribution in [0.1, 0.15) is 27.2 Å². The Balaban J connectivity index is 2.66. The number of ether oxygens (including phenoxy) is 3. The first kappa shape index (κ1) is 17.7. The first-order valence-corrected chi connectivity index (χ1v) is 7.99. The predicted molar refractivity (Wildman–Crippen MR) is 89.3 cm³/mol. The number of aliphatic imine (C=N–C) groups is 1. The molecule has 128 valence electrons. The molecule has 1 heterocycles. The van der Waals surface area contributed by atoms with E-state index in [-0.39, 0.29) is 24.5 Å². The molecule has 6 nitrogen and oxygen atoms in total. The van der Waals surface area contributed by atoms with Crippen molar-refractivity contribution < 1.29 is 23.8 Å². The molecular weight excluding hydrogens is 310 g/mol. The van der Waals surface area contributed by atoms with Crippen molar-refractivity contribution in [3.63, 3.8) is 0 Å². The van der Waals surface area contributed by atoms with Crippen molar-refractivity contribution in [2.75, 3.05) is 19.8 Å². The van der Waals surface area contributed by atoms with Crippen molar-refractivity contribution in [1.82, 2.24) is 0 Å². The van der Waals surface area contributed by atoms with Crippen LogP contribution in [0, 0.1) is 0 Å². The van der Waals surface area contributed by atoms with E-state index in [4.69, 9.17) is 14.2 Å². The van der Waals surface area contributed by atoms with Gasteiger partial charge < -0.3 is 14.2 Å². The van der Waals surface area contributed by atoms with Crippen LogP contribution in [0.2, 0.25) is 0 Å². The molecule has 2 aliphatic rings. The Morgan fingerprint density at radius 3 is 2.21 bits per heavy atom. The van der Waals surface area contributed by atoms with Crippen molar-refractivity contribution in [2.24, 2.45) is 4.99 Å². The summed E-state index contributed by atoms with van der Waals surface area (Å²) in [4.78, 5) is 29.2. The zero-order chi connectivity index (χ0) is 17.5. The van der Waals surface area contributed by atoms with Gasteiger partial charge in [-0.25, -0.2) is 14.6 Å². The summed E-state index contributed by atoms with van der Waals surface area (Å²) in [6.07, 6.45) is 7.70. The largest absolute Gasteiger partial charge is 0.478 e. The molecule has 0 saturated heterocycles. The van der Waals surface area contributed by atoms with Gasteiger partial charge in [-0.05, 0) is 26.3 Å². The SMILES string of the molecule is CCOC(=O)C1=C(C(=O)OCC)C2=CC=CC=C(C2)C(OCC)=N1. The van der Waals surface area contributed by atoms with Gasteiger partial charge in [0.25, 0.3) is 0 Å². The highest BCUT2D eigenvalue weighted by atomic mass is 16.5. The van der Waals surface area contributed by atoms with E-state index in [1.165, 1.54) is 0 Å². The van der Waals surface area contributed by atoms with Gasteiger partial charge in [0.1, 0.15) is 0 Å². The van der Waals surface area contributed by atoms with Crippen LogP contribution >= 0.6 is 0 Å². The Morgan fingerprint density at radius 1 is 0.958 bits per heavy atom. The molecule has 0 unspecified atom stereocenters. The van der Waals surface area contributed by atoms with Gasteiger partial charge in [0.05, 0.1) is 25.4 Å². The van der Waals surface area contributed by atoms with E-state index in [0.29, 0.717) is 24.5 Å². The van der Waals surface area contributed by atoms with Crippen LogP contribution in [0.25, 0.3) is 0 Å². The normalized spacial score (nSPS) is 16.4. The van der Waals surface area contributed by atoms with Crippen molar-refractivity contribution in [3.8, 4) is 0 Å². The maximum Gasteiger partial charge on any atom is 0.357 e. The molecule has 0 aromatic heterocycles. The third-order valence-electron chi connectivity index (χ3n) is 3.36. The minimum Gasteiger partial charge on any atom is -0.478 e. The number of rotatable bonds is 5. The number of hydrogen-bond acceptors (Lipinski definition) is 6. The van der Waals surface area contributed by atoms with Gasteiger partial charge in [-0.15, -0.1) is 0 Å². The van der Waals surface area contributed by atoms with E-state index in [9.17, 15) is 9.59 Å². The number of hydrogen-bond donors (Lipinski definition) is 0. The summed E-state index contributed by atoms with van der Waals surface area (Å²) in [6.45, 7) is 6.01. The van der Waals surface area contributed by atoms with Crippen LogP contribution in [-0.2, 0) is 23.8 Å². The second-order valence-corrected chi connectivity index (χ2v) is 4.96. The van der Waals surface area contributed by atoms with Crippen molar-refractivity contribution >= 4 is 17.8 Å². The molecule has 0 aromatic rings. The van der Waals surface area contributed by atoms with Crippen LogP contribution in [0.15, 0.2) is 51.7 Å². The molecular formula is C18H21NO5. The fourth-order valence-corrected chi connectivity index (χ4v) is 2.41. The summed E-state index contributed by atoms with van der Waals surface area (Å²) in [5, 5.41) is 0. The maximum atomic E-state index is 12.5. The summed E-state index contributed by atoms with van der Waals surface area (Å²) in [5.41, 5.74) is 1.49. The molecule has 0 spiro atoms. The Bertz CT molecular complexity index is 680. The number of carbonyl (C=O) groups is 2. The van der Waals surface area contributed by atoms with Crippen LogP contribution in [0.5, 0.6) is 0 Å². The van der Waals surface area contributed by atoms with Gasteiger partial charge in [0.15, 0.2) is 5.70 Å². The lowest BCUT2D eigenvalue weighted by Gasteiger charge is -2.11. The number of nitrogens with zero attached hydrogens (tertiary/aromatic N) is 1. The van der Waals surface area contributed by atoms with Gasteiger partial charge >= 0.3 is 11.9 Å². The maximum absolute atomic E-state index is 12.5. The topological polar surface area (TPSA) is 74.2 Å². The zero-order valence-corrected chi connectivity index (χ0v) is 14.1. The standard InChI is InChI=1S/C18H21NO5/c1-4-22-16-13-10-8-7-9-12(11-13)14(17(20)23-5-2)15(19-16)18(21)24-6-3/h7-10H,4-6,11H2,1-3H3. The minimum atomic E-state index is -0.672. The van der Waals surface area contributed by atoms with Crippen LogP contribution in [0.3, 0.4) is 0 Å². The number of allylic oxidation sites excluding steroid dienone is 4. The molecule has 0 fully saturated rings. The Morgan fingerprint density at radius 2 is 1.58 bits per heavy atom. The van der Waals surface area contributed by atoms with E-state index < -0.39 is 11.9 Å². The number of fused-ring (bicyclic) bond motifs is 2. The molecule has 1 aliphatic heterocycles. The third kappa shape index (κ3) is 3.82. The molecule has 1 aliphatic carbocycles. The molecule has 0 amide bonds. The van der Waals surface area contributed by atoms with Crippen molar-refractivity contribution in [2.45, 2.75) is 27.2 Å². The average Bonchev–Trinajstić information content (AvgIpc) is 2.87. The quantitative estimate of drug-likeness (QED) is 0.724. The molecule has 0 N–H and O–H groups in total. The summed E-state index contributed by atoms with van der Waals surface area (Å²) in [6, 6.07) is 0. The van der Waals surface area contributed by atoms with Crippen molar-refractivity contribution in [1.29, 1.82) is 0 Å². The second-order valence-electron chi connectivity index (χ2n) is 4.96. The van der Waals surface area contributed by atoms with Gasteiger partial charge in [-0.3, -0.25) is 0 Å². The van der Waals surface area contributed by atoms with E-state index in [0.717, 1.165) is 5.57 Å². The Hall–Kier alpha value is -2.63. The summed E-state index contributed by atoms with van der Waals surface area (Å²) < 4.78 is 15.8. The van der Waals surface area contributed by atoms with Crippen LogP contribution in [-0.4, -0.2) is 37.7 Å². The van der Waals surface area contributed by atoms with E-state index in [1.54, 1.807) is 26.0 Å². The molecule has 0 saturated carbocycles. The molecule has 24 heavy (non-hydrogen) atoms. The van der Waals surface area contributed by atoms with E-state index in [2.05, 4.69) is 4.99 Å². The summed E-state index contributed by atoms with van der Waals surface area (Å²) in [7, 11) is 0. The Labute approximate surface area is 141 Å². The lowest BCUT2D eigenvalue weighted by atomic mass is 9.98. The molecule has 2 rings (SSSR count). The molecule has 0 aromatic carbocycles. The van der Waals surface area contributed by atoms with Gasteiger partial charge in [-0.2, -0.15) is 0 Å². The van der Waals surface area contributed by atoms with E-state index >= 15 is 0 Å². The number of carbonyl (C=O) groups excluding carboxylic acids is 2. The summed E-state index contributed by atoms with van der Waals surface area (Å²) in [5.74, 6) is -0.949. The summed E-state index contributed by atoms with van der Waals surface area (Å²) >= 11 is 0. The van der Waals surface area contributed by atoms with Gasteiger partial charge in [0.2, 0.25) is 5.90 Å². The first-order valence-electron chi connectivity index (χ1n) is 7.99. The second kappa shape index (κ2) is 8.29. The first-order chi connectivity index (χ1) is 11.6. The molecule has 2 bridgehead atoms. The predicted octanol–water partition coefficient (Wildman–Crippen LogP) is 2.63. The highest BCUT2D eigenvalue weighted by Crippen LogP contribution is 2.31. The van der Waals surface area contributed by atoms with Gasteiger partial charge in [-0.1, -0.05) is 24.3 Å². The van der Waals surface area contributed by atoms with Gasteiger partial charge in [0, 0.05) is 12.0 Å². The zero-order valence-electron chi connectivity index (χ0n) is 14.1. The average molecular weight is 331 g/mol. The monoisotopic (exact) mass is 331 g/mol. The van der Waals surface area contributed by atoms with Crippen LogP contribution in [0.4, 0.5) is 0 Å². The van der Waals surface area contributed by atoms with Crippen molar-refractivity contribution in [3.05, 3.63) is 46.7 Å². The minimum absolute atomic E-state index is 0.0799. The lowest BCUT2D eigenvalue weighted by Crippen LogP contribution is -2.17. The molecule has 6 heteroatoms. The van der Waals surface area contributed by atoms with Crippen LogP contribution < -0.4 is 0 Å². The third-order valence-corrected chi connectivity index (χ3v) is 3.36. The molecule has 0 atom stereocenters. The highest BCUT2D eigenvalue weighted by molar-refractivity contribution is 6.08. The fraction of sp³-hybridized carbons (Fsp3) is 0.389. The molecule has 0 radical (unpaired) electrons. The number of esters is 2. The smallest absolute Gasteiger partial charge is 0.357 e. The Kier molecular flexibility index (Phi) is 6.12.